The van der Waals surface area contributed by atoms with Gasteiger partial charge in [-0.2, -0.15) is 13.2 Å². The van der Waals surface area contributed by atoms with Crippen LogP contribution in [0, 0.1) is 11.7 Å². The van der Waals surface area contributed by atoms with Crippen molar-refractivity contribution in [2.24, 2.45) is 5.92 Å². The summed E-state index contributed by atoms with van der Waals surface area (Å²) in [5.74, 6) is 0.229. The summed E-state index contributed by atoms with van der Waals surface area (Å²) in [6.07, 6.45) is -1.99. The summed E-state index contributed by atoms with van der Waals surface area (Å²) in [5, 5.41) is 3.26. The van der Waals surface area contributed by atoms with Gasteiger partial charge < -0.3 is 5.32 Å². The van der Waals surface area contributed by atoms with E-state index in [0.717, 1.165) is 12.1 Å². The van der Waals surface area contributed by atoms with Crippen molar-refractivity contribution in [2.45, 2.75) is 38.5 Å². The van der Waals surface area contributed by atoms with Crippen molar-refractivity contribution in [1.82, 2.24) is 10.3 Å². The maximum Gasteiger partial charge on any atom is 0.416 e. The highest BCUT2D eigenvalue weighted by atomic mass is 19.4. The fraction of sp³-hybridized carbons (Fsp3) is 0.389. The first-order valence-corrected chi connectivity index (χ1v) is 7.91. The molecule has 2 aromatic rings. The first kappa shape index (κ1) is 16.9. The second-order valence-corrected chi connectivity index (χ2v) is 6.21. The molecular weight excluding hydrogens is 320 g/mol. The summed E-state index contributed by atoms with van der Waals surface area (Å²) < 4.78 is 51.8. The predicted molar refractivity (Wildman–Crippen MR) is 83.7 cm³/mol. The smallest absolute Gasteiger partial charge is 0.308 e. The topological polar surface area (TPSA) is 24.9 Å². The molecule has 0 bridgehead atoms. The first-order chi connectivity index (χ1) is 11.3. The van der Waals surface area contributed by atoms with E-state index in [-0.39, 0.29) is 5.69 Å². The van der Waals surface area contributed by atoms with Gasteiger partial charge in [0.15, 0.2) is 0 Å². The molecule has 1 aliphatic rings. The van der Waals surface area contributed by atoms with Crippen LogP contribution >= 0.6 is 0 Å². The van der Waals surface area contributed by atoms with Crippen molar-refractivity contribution in [1.29, 1.82) is 0 Å². The molecular formula is C18H18F4N2. The second kappa shape index (κ2) is 6.51. The van der Waals surface area contributed by atoms with Crippen LogP contribution in [0.1, 0.15) is 31.0 Å². The molecule has 1 aliphatic carbocycles. The summed E-state index contributed by atoms with van der Waals surface area (Å²) in [4.78, 5) is 4.27. The van der Waals surface area contributed by atoms with Crippen LogP contribution in [0.5, 0.6) is 0 Å². The number of alkyl halides is 3. The quantitative estimate of drug-likeness (QED) is 0.793. The molecule has 6 heteroatoms. The SMILES string of the molecule is CC(NCc1nc(-c2ccc(C(F)(F)F)cc2)ccc1F)C1CC1. The van der Waals surface area contributed by atoms with Crippen LogP contribution in [0.2, 0.25) is 0 Å². The molecule has 2 nitrogen and oxygen atoms in total. The molecule has 1 fully saturated rings. The lowest BCUT2D eigenvalue weighted by Gasteiger charge is -2.13. The summed E-state index contributed by atoms with van der Waals surface area (Å²) in [6.45, 7) is 2.37. The Bertz CT molecular complexity index is 706. The van der Waals surface area contributed by atoms with Crippen molar-refractivity contribution in [3.63, 3.8) is 0 Å². The Balaban J connectivity index is 1.77. The van der Waals surface area contributed by atoms with Crippen LogP contribution < -0.4 is 5.32 Å². The molecule has 3 rings (SSSR count). The van der Waals surface area contributed by atoms with E-state index in [2.05, 4.69) is 17.2 Å². The van der Waals surface area contributed by atoms with Crippen molar-refractivity contribution in [3.8, 4) is 11.3 Å². The lowest BCUT2D eigenvalue weighted by molar-refractivity contribution is -0.137. The highest BCUT2D eigenvalue weighted by molar-refractivity contribution is 5.59. The highest BCUT2D eigenvalue weighted by Crippen LogP contribution is 2.33. The van der Waals surface area contributed by atoms with Crippen molar-refractivity contribution in [3.05, 3.63) is 53.5 Å². The van der Waals surface area contributed by atoms with Gasteiger partial charge in [-0.3, -0.25) is 0 Å². The average molecular weight is 338 g/mol. The van der Waals surface area contributed by atoms with Crippen LogP contribution in [0.4, 0.5) is 17.6 Å². The number of hydrogen-bond donors (Lipinski definition) is 1. The van der Waals surface area contributed by atoms with Crippen LogP contribution in [0.15, 0.2) is 36.4 Å². The van der Waals surface area contributed by atoms with Gasteiger partial charge in [0.1, 0.15) is 5.82 Å². The number of hydrogen-bond acceptors (Lipinski definition) is 2. The van der Waals surface area contributed by atoms with E-state index in [1.807, 2.05) is 0 Å². The van der Waals surface area contributed by atoms with Crippen LogP contribution in [-0.4, -0.2) is 11.0 Å². The zero-order chi connectivity index (χ0) is 17.3. The maximum absolute atomic E-state index is 13.9. The van der Waals surface area contributed by atoms with Crippen molar-refractivity contribution >= 4 is 0 Å². The van der Waals surface area contributed by atoms with E-state index in [9.17, 15) is 17.6 Å². The van der Waals surface area contributed by atoms with E-state index >= 15 is 0 Å². The van der Waals surface area contributed by atoms with E-state index in [1.165, 1.54) is 37.1 Å². The molecule has 0 spiro atoms. The molecule has 1 aromatic carbocycles. The molecule has 1 atom stereocenters. The number of benzene rings is 1. The Hall–Kier alpha value is -1.95. The number of nitrogens with one attached hydrogen (secondary N) is 1. The third-order valence-corrected chi connectivity index (χ3v) is 4.35. The number of nitrogens with zero attached hydrogens (tertiary/aromatic N) is 1. The molecule has 1 unspecified atom stereocenters. The molecule has 24 heavy (non-hydrogen) atoms. The fourth-order valence-corrected chi connectivity index (χ4v) is 2.62. The van der Waals surface area contributed by atoms with E-state index in [0.29, 0.717) is 29.8 Å². The molecule has 1 heterocycles. The summed E-state index contributed by atoms with van der Waals surface area (Å²) in [5.41, 5.74) is 0.550. The van der Waals surface area contributed by atoms with E-state index in [4.69, 9.17) is 0 Å². The highest BCUT2D eigenvalue weighted by Gasteiger charge is 2.30. The number of aromatic nitrogens is 1. The van der Waals surface area contributed by atoms with Crippen LogP contribution in [-0.2, 0) is 12.7 Å². The third kappa shape index (κ3) is 3.93. The number of halogens is 4. The zero-order valence-electron chi connectivity index (χ0n) is 13.2. The summed E-state index contributed by atoms with van der Waals surface area (Å²) in [6, 6.07) is 7.81. The Kier molecular flexibility index (Phi) is 4.58. The molecule has 0 amide bonds. The predicted octanol–water partition coefficient (Wildman–Crippen LogP) is 4.79. The van der Waals surface area contributed by atoms with Gasteiger partial charge in [0.05, 0.1) is 17.0 Å². The second-order valence-electron chi connectivity index (χ2n) is 6.21. The molecule has 0 radical (unpaired) electrons. The zero-order valence-corrected chi connectivity index (χ0v) is 13.2. The van der Waals surface area contributed by atoms with E-state index in [1.54, 1.807) is 0 Å². The third-order valence-electron chi connectivity index (χ3n) is 4.35. The fourth-order valence-electron chi connectivity index (χ4n) is 2.62. The maximum atomic E-state index is 13.9. The average Bonchev–Trinajstić information content (AvgIpc) is 3.38. The van der Waals surface area contributed by atoms with Gasteiger partial charge in [0, 0.05) is 18.2 Å². The molecule has 0 aliphatic heterocycles. The van der Waals surface area contributed by atoms with Gasteiger partial charge in [0.2, 0.25) is 0 Å². The molecule has 1 N–H and O–H groups in total. The molecule has 1 saturated carbocycles. The molecule has 128 valence electrons. The standard InChI is InChI=1S/C18H18F4N2/c1-11(12-2-3-12)23-10-17-15(19)8-9-16(24-17)13-4-6-14(7-5-13)18(20,21)22/h4-9,11-12,23H,2-3,10H2,1H3. The van der Waals surface area contributed by atoms with Gasteiger partial charge in [-0.05, 0) is 49.9 Å². The van der Waals surface area contributed by atoms with E-state index < -0.39 is 17.6 Å². The molecule has 1 aromatic heterocycles. The number of rotatable bonds is 5. The van der Waals surface area contributed by atoms with Gasteiger partial charge in [-0.1, -0.05) is 12.1 Å². The van der Waals surface area contributed by atoms with Crippen LogP contribution in [0.25, 0.3) is 11.3 Å². The summed E-state index contributed by atoms with van der Waals surface area (Å²) >= 11 is 0. The van der Waals surface area contributed by atoms with Crippen molar-refractivity contribution in [2.75, 3.05) is 0 Å². The minimum atomic E-state index is -4.37. The monoisotopic (exact) mass is 338 g/mol. The van der Waals surface area contributed by atoms with Gasteiger partial charge in [-0.25, -0.2) is 9.37 Å². The Morgan fingerprint density at radius 2 is 1.79 bits per heavy atom. The van der Waals surface area contributed by atoms with Crippen molar-refractivity contribution < 1.29 is 17.6 Å². The minimum absolute atomic E-state index is 0.278. The first-order valence-electron chi connectivity index (χ1n) is 7.91. The van der Waals surface area contributed by atoms with Crippen LogP contribution in [0.3, 0.4) is 0 Å². The summed E-state index contributed by atoms with van der Waals surface area (Å²) in [7, 11) is 0. The van der Waals surface area contributed by atoms with Gasteiger partial charge in [0.25, 0.3) is 0 Å². The lowest BCUT2D eigenvalue weighted by Crippen LogP contribution is -2.28. The Morgan fingerprint density at radius 3 is 2.38 bits per heavy atom. The largest absolute Gasteiger partial charge is 0.416 e. The molecule has 0 saturated heterocycles. The van der Waals surface area contributed by atoms with Gasteiger partial charge >= 0.3 is 6.18 Å². The lowest BCUT2D eigenvalue weighted by atomic mass is 10.1. The minimum Gasteiger partial charge on any atom is -0.308 e. The number of pyridine rings is 1. The normalized spacial score (nSPS) is 16.2. The van der Waals surface area contributed by atoms with Gasteiger partial charge in [-0.15, -0.1) is 0 Å². The Morgan fingerprint density at radius 1 is 1.12 bits per heavy atom. The Labute approximate surface area is 137 Å².